The Morgan fingerprint density at radius 3 is 2.69 bits per heavy atom. The van der Waals surface area contributed by atoms with Crippen LogP contribution >= 0.6 is 23.2 Å². The third kappa shape index (κ3) is 3.62. The lowest BCUT2D eigenvalue weighted by atomic mass is 9.50. The summed E-state index contributed by atoms with van der Waals surface area (Å²) < 4.78 is 22.7. The zero-order valence-corrected chi connectivity index (χ0v) is 21.1. The number of benzene rings is 1. The summed E-state index contributed by atoms with van der Waals surface area (Å²) in [6, 6.07) is 3.53. The zero-order valence-electron chi connectivity index (χ0n) is 19.6. The van der Waals surface area contributed by atoms with Gasteiger partial charge in [0.15, 0.2) is 5.15 Å². The molecule has 4 heterocycles. The van der Waals surface area contributed by atoms with Crippen LogP contribution in [0.25, 0.3) is 10.9 Å². The number of fused-ring (bicyclic) bond motifs is 1. The maximum absolute atomic E-state index is 15.4. The molecule has 190 valence electrons. The van der Waals surface area contributed by atoms with Gasteiger partial charge >= 0.3 is 0 Å². The number of piperidine rings is 1. The van der Waals surface area contributed by atoms with Gasteiger partial charge in [-0.25, -0.2) is 19.0 Å². The Balaban J connectivity index is 1.12. The largest absolute Gasteiger partial charge is 0.389 e. The van der Waals surface area contributed by atoms with Crippen molar-refractivity contribution in [1.29, 1.82) is 0 Å². The fraction of sp³-hybridized carbons (Fsp3) is 0.560. The summed E-state index contributed by atoms with van der Waals surface area (Å²) in [6.07, 6.45) is 5.79. The molecule has 2 bridgehead atoms. The van der Waals surface area contributed by atoms with E-state index in [1.54, 1.807) is 18.5 Å². The summed E-state index contributed by atoms with van der Waals surface area (Å²) in [4.78, 5) is 11.1. The minimum absolute atomic E-state index is 0.0962. The highest BCUT2D eigenvalue weighted by molar-refractivity contribution is 6.32. The van der Waals surface area contributed by atoms with Gasteiger partial charge in [0.25, 0.3) is 0 Å². The van der Waals surface area contributed by atoms with Gasteiger partial charge < -0.3 is 15.2 Å². The van der Waals surface area contributed by atoms with Crippen molar-refractivity contribution in [2.75, 3.05) is 31.6 Å². The van der Waals surface area contributed by atoms with Crippen molar-refractivity contribution >= 4 is 45.7 Å². The molecule has 5 aliphatic rings. The first-order valence-corrected chi connectivity index (χ1v) is 13.3. The van der Waals surface area contributed by atoms with E-state index in [9.17, 15) is 5.11 Å². The Morgan fingerprint density at radius 1 is 1.17 bits per heavy atom. The van der Waals surface area contributed by atoms with Crippen LogP contribution in [0.1, 0.15) is 37.2 Å². The van der Waals surface area contributed by atoms with Gasteiger partial charge in [-0.15, -0.1) is 0 Å². The van der Waals surface area contributed by atoms with Gasteiger partial charge in [-0.2, -0.15) is 5.10 Å². The molecule has 4 atom stereocenters. The number of aromatic nitrogens is 4. The summed E-state index contributed by atoms with van der Waals surface area (Å²) in [6.45, 7) is 1.66. The van der Waals surface area contributed by atoms with Crippen molar-refractivity contribution in [1.82, 2.24) is 24.6 Å². The number of aliphatic hydroxyl groups excluding tert-OH is 1. The van der Waals surface area contributed by atoms with E-state index in [-0.39, 0.29) is 24.0 Å². The number of hydrogen-bond donors (Lipinski definition) is 2. The molecule has 5 fully saturated rings. The molecule has 0 spiro atoms. The zero-order chi connectivity index (χ0) is 24.6. The van der Waals surface area contributed by atoms with Crippen LogP contribution in [0.15, 0.2) is 24.5 Å². The van der Waals surface area contributed by atoms with Gasteiger partial charge in [0.1, 0.15) is 6.17 Å². The quantitative estimate of drug-likeness (QED) is 0.507. The molecule has 4 unspecified atom stereocenters. The van der Waals surface area contributed by atoms with Gasteiger partial charge in [-0.1, -0.05) is 23.2 Å². The molecule has 0 radical (unpaired) electrons. The maximum atomic E-state index is 15.4. The number of anilines is 2. The van der Waals surface area contributed by atoms with Crippen LogP contribution < -0.4 is 5.32 Å². The molecular formula is C25H27Cl2FN6O2. The van der Waals surface area contributed by atoms with Crippen molar-refractivity contribution in [2.45, 2.75) is 55.5 Å². The van der Waals surface area contributed by atoms with E-state index in [2.05, 4.69) is 20.4 Å². The molecule has 8 rings (SSSR count). The number of aliphatic hydroxyl groups is 1. The summed E-state index contributed by atoms with van der Waals surface area (Å²) in [5.41, 5.74) is 2.20. The van der Waals surface area contributed by atoms with Crippen molar-refractivity contribution in [2.24, 2.45) is 5.92 Å². The molecular weight excluding hydrogens is 506 g/mol. The predicted molar refractivity (Wildman–Crippen MR) is 135 cm³/mol. The van der Waals surface area contributed by atoms with Crippen molar-refractivity contribution in [3.05, 3.63) is 40.3 Å². The second-order valence-corrected chi connectivity index (χ2v) is 11.6. The topological polar surface area (TPSA) is 88.3 Å². The maximum Gasteiger partial charge on any atom is 0.227 e. The van der Waals surface area contributed by atoms with Crippen LogP contribution in [0.3, 0.4) is 0 Å². The third-order valence-corrected chi connectivity index (χ3v) is 9.26. The van der Waals surface area contributed by atoms with Crippen molar-refractivity contribution < 1.29 is 14.2 Å². The standard InChI is InChI=1S/C25H27Cl2FN6O2/c26-17-3-14-8-29-24(32-20-9-30-34(23(20)27)25-5-13(6-25)7-25)31-19(14)4-16(17)15-1-2-33(10-18(15)28)21-11-36-12-22(21)35/h3-4,8-9,13,15,18,21-22,35H,1-2,5-7,10-12H2,(H,29,31,32). The van der Waals surface area contributed by atoms with Crippen LogP contribution in [0.2, 0.25) is 10.2 Å². The Hall–Kier alpha value is -2.04. The molecule has 2 aromatic heterocycles. The van der Waals surface area contributed by atoms with Gasteiger partial charge in [-0.3, -0.25) is 4.90 Å². The molecule has 11 heteroatoms. The highest BCUT2D eigenvalue weighted by Gasteiger charge is 2.59. The van der Waals surface area contributed by atoms with Gasteiger partial charge in [0.05, 0.1) is 48.3 Å². The van der Waals surface area contributed by atoms with E-state index in [0.29, 0.717) is 53.5 Å². The van der Waals surface area contributed by atoms with Crippen LogP contribution in [0.5, 0.6) is 0 Å². The first kappa shape index (κ1) is 23.1. The fourth-order valence-electron chi connectivity index (χ4n) is 6.43. The van der Waals surface area contributed by atoms with E-state index < -0.39 is 12.3 Å². The van der Waals surface area contributed by atoms with E-state index in [0.717, 1.165) is 36.1 Å². The molecule has 0 amide bonds. The first-order chi connectivity index (χ1) is 17.4. The third-order valence-electron chi connectivity index (χ3n) is 8.57. The van der Waals surface area contributed by atoms with Crippen LogP contribution in [-0.2, 0) is 10.3 Å². The predicted octanol–water partition coefficient (Wildman–Crippen LogP) is 4.27. The highest BCUT2D eigenvalue weighted by Crippen LogP contribution is 2.63. The number of likely N-dealkylation sites (tertiary alicyclic amines) is 1. The molecule has 8 nitrogen and oxygen atoms in total. The van der Waals surface area contributed by atoms with Gasteiger partial charge in [0.2, 0.25) is 5.95 Å². The van der Waals surface area contributed by atoms with Crippen LogP contribution in [-0.4, -0.2) is 74.4 Å². The van der Waals surface area contributed by atoms with Crippen molar-refractivity contribution in [3.63, 3.8) is 0 Å². The number of halogens is 3. The average molecular weight is 533 g/mol. The Labute approximate surface area is 217 Å². The fourth-order valence-corrected chi connectivity index (χ4v) is 7.06. The molecule has 2 aliphatic heterocycles. The number of nitrogens with zero attached hydrogens (tertiary/aromatic N) is 5. The Morgan fingerprint density at radius 2 is 2.00 bits per heavy atom. The monoisotopic (exact) mass is 532 g/mol. The Kier molecular flexibility index (Phi) is 5.45. The van der Waals surface area contributed by atoms with Crippen LogP contribution in [0, 0.1) is 5.92 Å². The second kappa shape index (κ2) is 8.49. The van der Waals surface area contributed by atoms with Gasteiger partial charge in [0, 0.05) is 29.1 Å². The summed E-state index contributed by atoms with van der Waals surface area (Å²) in [5, 5.41) is 19.7. The molecule has 3 aromatic rings. The minimum Gasteiger partial charge on any atom is -0.389 e. The number of alkyl halides is 1. The first-order valence-electron chi connectivity index (χ1n) is 12.5. The highest BCUT2D eigenvalue weighted by atomic mass is 35.5. The average Bonchev–Trinajstić information content (AvgIpc) is 3.38. The van der Waals surface area contributed by atoms with E-state index in [4.69, 9.17) is 27.9 Å². The van der Waals surface area contributed by atoms with E-state index in [1.807, 2.05) is 15.6 Å². The Bertz CT molecular complexity index is 1320. The smallest absolute Gasteiger partial charge is 0.227 e. The number of ether oxygens (including phenoxy) is 1. The molecule has 3 saturated carbocycles. The normalized spacial score (nSPS) is 33.9. The summed E-state index contributed by atoms with van der Waals surface area (Å²) >= 11 is 13.2. The second-order valence-electron chi connectivity index (χ2n) is 10.8. The summed E-state index contributed by atoms with van der Waals surface area (Å²) in [5.74, 6) is 0.882. The van der Waals surface area contributed by atoms with Gasteiger partial charge in [-0.05, 0) is 55.8 Å². The number of nitrogens with one attached hydrogen (secondary N) is 1. The number of rotatable bonds is 5. The lowest BCUT2D eigenvalue weighted by molar-refractivity contribution is -0.0975. The molecule has 3 aliphatic carbocycles. The van der Waals surface area contributed by atoms with Crippen molar-refractivity contribution in [3.8, 4) is 0 Å². The SMILES string of the molecule is OC1COCC1N1CCC(c2cc3nc(Nc4cnn(C56CC(C5)C6)c4Cl)ncc3cc2Cl)C(F)C1. The number of hydrogen-bond acceptors (Lipinski definition) is 7. The molecule has 2 saturated heterocycles. The molecule has 36 heavy (non-hydrogen) atoms. The lowest BCUT2D eigenvalue weighted by Crippen LogP contribution is -2.59. The molecule has 1 aromatic carbocycles. The van der Waals surface area contributed by atoms with E-state index >= 15 is 4.39 Å². The van der Waals surface area contributed by atoms with Crippen LogP contribution in [0.4, 0.5) is 16.0 Å². The molecule has 2 N–H and O–H groups in total. The summed E-state index contributed by atoms with van der Waals surface area (Å²) in [7, 11) is 0. The lowest BCUT2D eigenvalue weighted by Gasteiger charge is -2.61. The van der Waals surface area contributed by atoms with E-state index in [1.165, 1.54) is 0 Å². The minimum atomic E-state index is -1.11.